The summed E-state index contributed by atoms with van der Waals surface area (Å²) in [5.41, 5.74) is 0.402. The topological polar surface area (TPSA) is 78.4 Å². The predicted molar refractivity (Wildman–Crippen MR) is 192 cm³/mol. The average Bonchev–Trinajstić information content (AvgIpc) is 2.97. The summed E-state index contributed by atoms with van der Waals surface area (Å²) in [6, 6.07) is 1.20. The van der Waals surface area contributed by atoms with Crippen LogP contribution in [0.5, 0.6) is 6.01 Å². The van der Waals surface area contributed by atoms with Crippen molar-refractivity contribution in [1.82, 2.24) is 25.6 Å². The van der Waals surface area contributed by atoms with Gasteiger partial charge in [-0.15, -0.1) is 0 Å². The van der Waals surface area contributed by atoms with Crippen LogP contribution in [-0.4, -0.2) is 70.9 Å². The Morgan fingerprint density at radius 1 is 0.689 bits per heavy atom. The first-order valence-corrected chi connectivity index (χ1v) is 18.5. The van der Waals surface area contributed by atoms with Crippen molar-refractivity contribution in [3.05, 3.63) is 0 Å². The van der Waals surface area contributed by atoms with Crippen LogP contribution in [0.15, 0.2) is 0 Å². The molecule has 2 saturated heterocycles. The van der Waals surface area contributed by atoms with Crippen LogP contribution in [0.3, 0.4) is 0 Å². The number of unbranched alkanes of at least 4 members (excludes halogenated alkanes) is 5. The van der Waals surface area contributed by atoms with Crippen molar-refractivity contribution in [1.29, 1.82) is 0 Å². The highest BCUT2D eigenvalue weighted by Crippen LogP contribution is 2.35. The summed E-state index contributed by atoms with van der Waals surface area (Å²) in [6.45, 7) is 30.1. The first kappa shape index (κ1) is 37.8. The molecule has 0 bridgehead atoms. The summed E-state index contributed by atoms with van der Waals surface area (Å²) in [4.78, 5) is 20.7. The average molecular weight is 630 g/mol. The minimum atomic E-state index is 0.0718. The molecule has 2 aliphatic rings. The summed E-state index contributed by atoms with van der Waals surface area (Å²) in [7, 11) is 0. The van der Waals surface area contributed by atoms with Gasteiger partial charge in [0.15, 0.2) is 0 Å². The fraction of sp³-hybridized carbons (Fsp3) is 0.919. The zero-order chi connectivity index (χ0) is 33.3. The molecular formula is C37H71N7O. The predicted octanol–water partition coefficient (Wildman–Crippen LogP) is 8.16. The van der Waals surface area contributed by atoms with Crippen molar-refractivity contribution in [2.24, 2.45) is 10.8 Å². The van der Waals surface area contributed by atoms with E-state index < -0.39 is 0 Å². The molecule has 2 aliphatic heterocycles. The zero-order valence-electron chi connectivity index (χ0n) is 31.3. The van der Waals surface area contributed by atoms with Crippen LogP contribution in [0.2, 0.25) is 0 Å². The molecule has 0 aromatic carbocycles. The Labute approximate surface area is 277 Å². The number of hydrogen-bond donors (Lipinski definition) is 2. The normalized spacial score (nSPS) is 21.8. The molecule has 0 spiro atoms. The minimum absolute atomic E-state index is 0.0718. The van der Waals surface area contributed by atoms with Crippen molar-refractivity contribution in [3.8, 4) is 6.01 Å². The second kappa shape index (κ2) is 16.4. The van der Waals surface area contributed by atoms with Crippen molar-refractivity contribution in [2.45, 2.75) is 176 Å². The molecule has 0 saturated carbocycles. The molecule has 0 amide bonds. The van der Waals surface area contributed by atoms with E-state index in [1.807, 2.05) is 0 Å². The van der Waals surface area contributed by atoms with Gasteiger partial charge in [-0.25, -0.2) is 0 Å². The monoisotopic (exact) mass is 630 g/mol. The van der Waals surface area contributed by atoms with Crippen LogP contribution < -0.4 is 25.2 Å². The van der Waals surface area contributed by atoms with Crippen molar-refractivity contribution in [3.63, 3.8) is 0 Å². The molecular weight excluding hydrogens is 558 g/mol. The van der Waals surface area contributed by atoms with Gasteiger partial charge in [-0.2, -0.15) is 15.0 Å². The number of piperidine rings is 2. The van der Waals surface area contributed by atoms with Gasteiger partial charge in [-0.1, -0.05) is 80.6 Å². The Morgan fingerprint density at radius 3 is 1.56 bits per heavy atom. The van der Waals surface area contributed by atoms with Gasteiger partial charge < -0.3 is 25.2 Å². The van der Waals surface area contributed by atoms with Crippen LogP contribution >= 0.6 is 0 Å². The SMILES string of the molecule is CCCCCCCCOc1nc(N(CC(C)(C)CC)C2CCNC(C)(C)C2)nc(N(CC(C)(C)CC)C2CCNC(C)(C)C2)n1. The molecule has 2 N–H and O–H groups in total. The van der Waals surface area contributed by atoms with Gasteiger partial charge in [-0.3, -0.25) is 0 Å². The summed E-state index contributed by atoms with van der Waals surface area (Å²) in [5, 5.41) is 7.46. The molecule has 260 valence electrons. The number of hydrogen-bond acceptors (Lipinski definition) is 8. The van der Waals surface area contributed by atoms with Gasteiger partial charge in [0.1, 0.15) is 0 Å². The van der Waals surface area contributed by atoms with Crippen LogP contribution in [-0.2, 0) is 0 Å². The van der Waals surface area contributed by atoms with E-state index in [1.165, 1.54) is 32.1 Å². The molecule has 1 aromatic heterocycles. The number of nitrogens with zero attached hydrogens (tertiary/aromatic N) is 5. The Kier molecular flexibility index (Phi) is 13.8. The number of rotatable bonds is 18. The molecule has 2 fully saturated rings. The lowest BCUT2D eigenvalue weighted by atomic mass is 9.85. The third-order valence-electron chi connectivity index (χ3n) is 10.5. The molecule has 3 rings (SSSR count). The number of ether oxygens (including phenoxy) is 1. The Morgan fingerprint density at radius 2 is 1.13 bits per heavy atom. The van der Waals surface area contributed by atoms with Gasteiger partial charge in [0.05, 0.1) is 6.61 Å². The fourth-order valence-electron chi connectivity index (χ4n) is 6.79. The molecule has 45 heavy (non-hydrogen) atoms. The van der Waals surface area contributed by atoms with E-state index in [0.29, 0.717) is 24.7 Å². The quantitative estimate of drug-likeness (QED) is 0.158. The highest BCUT2D eigenvalue weighted by atomic mass is 16.5. The second-order valence-electron chi connectivity index (χ2n) is 17.0. The van der Waals surface area contributed by atoms with Crippen molar-refractivity contribution >= 4 is 11.9 Å². The first-order valence-electron chi connectivity index (χ1n) is 18.5. The maximum Gasteiger partial charge on any atom is 0.323 e. The van der Waals surface area contributed by atoms with E-state index in [2.05, 4.69) is 96.6 Å². The van der Waals surface area contributed by atoms with Gasteiger partial charge in [0.2, 0.25) is 11.9 Å². The standard InChI is InChI=1S/C37H71N7O/c1-12-15-16-17-18-19-24-45-33-41-31(43(27-34(4,5)13-2)29-20-22-38-36(8,9)25-29)40-32(42-33)44(28-35(6,7)14-3)30-21-23-39-37(10,11)26-30/h29-30,38-39H,12-28H2,1-11H3. The highest BCUT2D eigenvalue weighted by Gasteiger charge is 2.38. The van der Waals surface area contributed by atoms with Crippen LogP contribution in [0.1, 0.15) is 153 Å². The molecule has 8 nitrogen and oxygen atoms in total. The van der Waals surface area contributed by atoms with E-state index >= 15 is 0 Å². The third-order valence-corrected chi connectivity index (χ3v) is 10.5. The highest BCUT2D eigenvalue weighted by molar-refractivity contribution is 5.43. The minimum Gasteiger partial charge on any atom is -0.463 e. The molecule has 0 radical (unpaired) electrons. The second-order valence-corrected chi connectivity index (χ2v) is 17.0. The molecule has 0 aliphatic carbocycles. The summed E-state index contributed by atoms with van der Waals surface area (Å²) in [6.07, 6.45) is 13.8. The largest absolute Gasteiger partial charge is 0.463 e. The van der Waals surface area contributed by atoms with E-state index in [0.717, 1.165) is 83.0 Å². The van der Waals surface area contributed by atoms with Gasteiger partial charge >= 0.3 is 6.01 Å². The number of aromatic nitrogens is 3. The number of nitrogens with one attached hydrogen (secondary N) is 2. The van der Waals surface area contributed by atoms with Crippen LogP contribution in [0.4, 0.5) is 11.9 Å². The maximum atomic E-state index is 6.42. The van der Waals surface area contributed by atoms with E-state index in [1.54, 1.807) is 0 Å². The molecule has 2 atom stereocenters. The van der Waals surface area contributed by atoms with E-state index in [4.69, 9.17) is 19.7 Å². The van der Waals surface area contributed by atoms with Gasteiger partial charge in [0, 0.05) is 36.3 Å². The van der Waals surface area contributed by atoms with E-state index in [-0.39, 0.29) is 21.9 Å². The lowest BCUT2D eigenvalue weighted by Gasteiger charge is -2.45. The maximum absolute atomic E-state index is 6.42. The smallest absolute Gasteiger partial charge is 0.323 e. The van der Waals surface area contributed by atoms with Crippen LogP contribution in [0, 0.1) is 10.8 Å². The fourth-order valence-corrected chi connectivity index (χ4v) is 6.79. The Balaban J connectivity index is 2.06. The molecule has 2 unspecified atom stereocenters. The van der Waals surface area contributed by atoms with E-state index in [9.17, 15) is 0 Å². The lowest BCUT2D eigenvalue weighted by Crippen LogP contribution is -2.56. The summed E-state index contributed by atoms with van der Waals surface area (Å²) >= 11 is 0. The van der Waals surface area contributed by atoms with Crippen molar-refractivity contribution in [2.75, 3.05) is 42.6 Å². The molecule has 8 heteroatoms. The third kappa shape index (κ3) is 12.1. The summed E-state index contributed by atoms with van der Waals surface area (Å²) < 4.78 is 6.42. The van der Waals surface area contributed by atoms with Crippen LogP contribution in [0.25, 0.3) is 0 Å². The van der Waals surface area contributed by atoms with Gasteiger partial charge in [-0.05, 0) is 96.6 Å². The molecule has 1 aromatic rings. The lowest BCUT2D eigenvalue weighted by molar-refractivity contribution is 0.241. The zero-order valence-corrected chi connectivity index (χ0v) is 31.3. The van der Waals surface area contributed by atoms with Crippen molar-refractivity contribution < 1.29 is 4.74 Å². The summed E-state index contributed by atoms with van der Waals surface area (Å²) in [5.74, 6) is 1.57. The molecule has 3 heterocycles. The van der Waals surface area contributed by atoms with Gasteiger partial charge in [0.25, 0.3) is 0 Å². The Bertz CT molecular complexity index is 956. The Hall–Kier alpha value is -1.67. The first-order chi connectivity index (χ1) is 21.1. The number of anilines is 2.